The van der Waals surface area contributed by atoms with Crippen LogP contribution in [0, 0.1) is 0 Å². The Morgan fingerprint density at radius 2 is 1.79 bits per heavy atom. The Kier molecular flexibility index (Phi) is 4.00. The second kappa shape index (κ2) is 5.89. The first-order chi connectivity index (χ1) is 9.33. The van der Waals surface area contributed by atoms with E-state index >= 15 is 0 Å². The summed E-state index contributed by atoms with van der Waals surface area (Å²) in [6.45, 7) is 3.39. The molecule has 0 bridgehead atoms. The van der Waals surface area contributed by atoms with Gasteiger partial charge in [-0.1, -0.05) is 42.6 Å². The van der Waals surface area contributed by atoms with Crippen molar-refractivity contribution in [1.82, 2.24) is 9.88 Å². The van der Waals surface area contributed by atoms with Crippen LogP contribution in [0.3, 0.4) is 0 Å². The topological polar surface area (TPSA) is 16.1 Å². The molecule has 0 saturated carbocycles. The van der Waals surface area contributed by atoms with Crippen LogP contribution >= 0.6 is 11.6 Å². The van der Waals surface area contributed by atoms with Gasteiger partial charge in [0.25, 0.3) is 0 Å². The molecule has 2 heterocycles. The standard InChI is InChI=1S/C16H19ClN2/c17-16-11-13(12-19-9-5-1-2-6-10-19)14-7-3-4-8-15(14)18-16/h3-4,7-8,11H,1-2,5-6,9-10,12H2. The maximum atomic E-state index is 6.14. The van der Waals surface area contributed by atoms with Gasteiger partial charge in [0.1, 0.15) is 5.15 Å². The van der Waals surface area contributed by atoms with E-state index in [9.17, 15) is 0 Å². The van der Waals surface area contributed by atoms with Crippen LogP contribution in [0.25, 0.3) is 10.9 Å². The monoisotopic (exact) mass is 274 g/mol. The lowest BCUT2D eigenvalue weighted by Crippen LogP contribution is -2.24. The molecule has 0 radical (unpaired) electrons. The Bertz CT molecular complexity index is 560. The second-order valence-corrected chi connectivity index (χ2v) is 5.70. The van der Waals surface area contributed by atoms with Crippen molar-refractivity contribution in [3.63, 3.8) is 0 Å². The Morgan fingerprint density at radius 3 is 2.58 bits per heavy atom. The summed E-state index contributed by atoms with van der Waals surface area (Å²) in [7, 11) is 0. The van der Waals surface area contributed by atoms with Gasteiger partial charge < -0.3 is 0 Å². The molecule has 0 N–H and O–H groups in total. The summed E-state index contributed by atoms with van der Waals surface area (Å²) in [4.78, 5) is 6.94. The van der Waals surface area contributed by atoms with Crippen molar-refractivity contribution in [2.45, 2.75) is 32.2 Å². The highest BCUT2D eigenvalue weighted by Crippen LogP contribution is 2.23. The summed E-state index contributed by atoms with van der Waals surface area (Å²) in [5.74, 6) is 0. The van der Waals surface area contributed by atoms with E-state index in [1.165, 1.54) is 49.7 Å². The molecule has 0 spiro atoms. The summed E-state index contributed by atoms with van der Waals surface area (Å²) < 4.78 is 0. The quantitative estimate of drug-likeness (QED) is 0.761. The second-order valence-electron chi connectivity index (χ2n) is 5.31. The van der Waals surface area contributed by atoms with Crippen LogP contribution in [0.4, 0.5) is 0 Å². The van der Waals surface area contributed by atoms with Crippen LogP contribution in [-0.4, -0.2) is 23.0 Å². The Hall–Kier alpha value is -1.12. The van der Waals surface area contributed by atoms with E-state index in [0.29, 0.717) is 5.15 Å². The number of aromatic nitrogens is 1. The molecular weight excluding hydrogens is 256 g/mol. The number of hydrogen-bond acceptors (Lipinski definition) is 2. The summed E-state index contributed by atoms with van der Waals surface area (Å²) in [6, 6.07) is 10.3. The van der Waals surface area contributed by atoms with Crippen molar-refractivity contribution >= 4 is 22.5 Å². The van der Waals surface area contributed by atoms with Crippen LogP contribution in [0.5, 0.6) is 0 Å². The number of hydrogen-bond donors (Lipinski definition) is 0. The molecular formula is C16H19ClN2. The third kappa shape index (κ3) is 3.07. The summed E-state index contributed by atoms with van der Waals surface area (Å²) in [5.41, 5.74) is 2.30. The van der Waals surface area contributed by atoms with E-state index in [-0.39, 0.29) is 0 Å². The predicted octanol–water partition coefficient (Wildman–Crippen LogP) is 4.26. The number of pyridine rings is 1. The van der Waals surface area contributed by atoms with Crippen molar-refractivity contribution < 1.29 is 0 Å². The van der Waals surface area contributed by atoms with Gasteiger partial charge in [0.05, 0.1) is 5.52 Å². The number of benzene rings is 1. The molecule has 1 aromatic carbocycles. The molecule has 1 aliphatic heterocycles. The van der Waals surface area contributed by atoms with E-state index in [4.69, 9.17) is 11.6 Å². The lowest BCUT2D eigenvalue weighted by Gasteiger charge is -2.20. The Labute approximate surface area is 119 Å². The molecule has 0 amide bonds. The first-order valence-electron chi connectivity index (χ1n) is 7.09. The largest absolute Gasteiger partial charge is 0.299 e. The van der Waals surface area contributed by atoms with Gasteiger partial charge in [-0.15, -0.1) is 0 Å². The van der Waals surface area contributed by atoms with Crippen LogP contribution in [0.2, 0.25) is 5.15 Å². The molecule has 3 heteroatoms. The molecule has 1 aliphatic rings. The fourth-order valence-corrected chi connectivity index (χ4v) is 3.10. The van der Waals surface area contributed by atoms with E-state index < -0.39 is 0 Å². The van der Waals surface area contributed by atoms with Crippen molar-refractivity contribution in [1.29, 1.82) is 0 Å². The van der Waals surface area contributed by atoms with Crippen molar-refractivity contribution in [2.24, 2.45) is 0 Å². The average Bonchev–Trinajstić information content (AvgIpc) is 2.67. The smallest absolute Gasteiger partial charge is 0.130 e. The molecule has 3 rings (SSSR count). The molecule has 0 unspecified atom stereocenters. The average molecular weight is 275 g/mol. The minimum Gasteiger partial charge on any atom is -0.299 e. The molecule has 1 fully saturated rings. The fourth-order valence-electron chi connectivity index (χ4n) is 2.88. The van der Waals surface area contributed by atoms with Crippen LogP contribution < -0.4 is 0 Å². The fraction of sp³-hybridized carbons (Fsp3) is 0.438. The van der Waals surface area contributed by atoms with Gasteiger partial charge in [0.15, 0.2) is 0 Å². The molecule has 100 valence electrons. The number of nitrogens with zero attached hydrogens (tertiary/aromatic N) is 2. The minimum absolute atomic E-state index is 0.600. The Morgan fingerprint density at radius 1 is 1.05 bits per heavy atom. The molecule has 19 heavy (non-hydrogen) atoms. The van der Waals surface area contributed by atoms with Gasteiger partial charge in [-0.2, -0.15) is 0 Å². The highest BCUT2D eigenvalue weighted by molar-refractivity contribution is 6.29. The zero-order valence-electron chi connectivity index (χ0n) is 11.1. The zero-order chi connectivity index (χ0) is 13.1. The molecule has 0 atom stereocenters. The van der Waals surface area contributed by atoms with E-state index in [1.54, 1.807) is 0 Å². The molecule has 2 aromatic rings. The van der Waals surface area contributed by atoms with Gasteiger partial charge >= 0.3 is 0 Å². The third-order valence-electron chi connectivity index (χ3n) is 3.86. The summed E-state index contributed by atoms with van der Waals surface area (Å²) in [6.07, 6.45) is 5.37. The number of likely N-dealkylation sites (tertiary alicyclic amines) is 1. The van der Waals surface area contributed by atoms with Crippen molar-refractivity contribution in [3.05, 3.63) is 41.0 Å². The summed E-state index contributed by atoms with van der Waals surface area (Å²) >= 11 is 6.14. The van der Waals surface area contributed by atoms with Gasteiger partial charge in [-0.3, -0.25) is 4.90 Å². The van der Waals surface area contributed by atoms with E-state index in [2.05, 4.69) is 22.0 Å². The van der Waals surface area contributed by atoms with Crippen LogP contribution in [-0.2, 0) is 6.54 Å². The summed E-state index contributed by atoms with van der Waals surface area (Å²) in [5, 5.41) is 1.83. The predicted molar refractivity (Wildman–Crippen MR) is 80.5 cm³/mol. The van der Waals surface area contributed by atoms with Crippen molar-refractivity contribution in [2.75, 3.05) is 13.1 Å². The van der Waals surface area contributed by atoms with Gasteiger partial charge in [-0.25, -0.2) is 4.98 Å². The van der Waals surface area contributed by atoms with Gasteiger partial charge in [0.2, 0.25) is 0 Å². The number of halogens is 1. The van der Waals surface area contributed by atoms with Gasteiger partial charge in [0, 0.05) is 11.9 Å². The zero-order valence-corrected chi connectivity index (χ0v) is 11.9. The molecule has 0 aliphatic carbocycles. The molecule has 1 aromatic heterocycles. The first-order valence-corrected chi connectivity index (χ1v) is 7.47. The van der Waals surface area contributed by atoms with Crippen molar-refractivity contribution in [3.8, 4) is 0 Å². The minimum atomic E-state index is 0.600. The number of fused-ring (bicyclic) bond motifs is 1. The maximum absolute atomic E-state index is 6.14. The van der Waals surface area contributed by atoms with E-state index in [1.807, 2.05) is 18.2 Å². The molecule has 2 nitrogen and oxygen atoms in total. The highest BCUT2D eigenvalue weighted by Gasteiger charge is 2.12. The lowest BCUT2D eigenvalue weighted by atomic mass is 10.1. The SMILES string of the molecule is Clc1cc(CN2CCCCCC2)c2ccccc2n1. The molecule has 1 saturated heterocycles. The van der Waals surface area contributed by atoms with Crippen LogP contribution in [0.1, 0.15) is 31.2 Å². The normalized spacial score (nSPS) is 17.5. The highest BCUT2D eigenvalue weighted by atomic mass is 35.5. The van der Waals surface area contributed by atoms with E-state index in [0.717, 1.165) is 12.1 Å². The number of rotatable bonds is 2. The Balaban J connectivity index is 1.90. The maximum Gasteiger partial charge on any atom is 0.130 e. The first kappa shape index (κ1) is 12.9. The number of para-hydroxylation sites is 1. The van der Waals surface area contributed by atoms with Crippen LogP contribution in [0.15, 0.2) is 30.3 Å². The van der Waals surface area contributed by atoms with Gasteiger partial charge in [-0.05, 0) is 43.6 Å². The lowest BCUT2D eigenvalue weighted by molar-refractivity contribution is 0.278. The third-order valence-corrected chi connectivity index (χ3v) is 4.06.